The van der Waals surface area contributed by atoms with E-state index in [0.717, 1.165) is 23.8 Å². The number of nitrogens with zero attached hydrogens (tertiary/aromatic N) is 3. The second kappa shape index (κ2) is 16.4. The number of carbonyl (C=O) groups is 3. The Hall–Kier alpha value is -4.20. The first-order valence-corrected chi connectivity index (χ1v) is 15.2. The number of aromatic nitrogens is 2. The van der Waals surface area contributed by atoms with E-state index in [4.69, 9.17) is 21.6 Å². The molecule has 2 amide bonds. The molecule has 3 rings (SSSR count). The summed E-state index contributed by atoms with van der Waals surface area (Å²) in [7, 11) is 0. The highest BCUT2D eigenvalue weighted by Gasteiger charge is 2.38. The van der Waals surface area contributed by atoms with Crippen molar-refractivity contribution < 1.29 is 33.4 Å². The van der Waals surface area contributed by atoms with Crippen molar-refractivity contribution in [2.24, 2.45) is 16.9 Å². The number of nitrogens with two attached hydrogens (primary N) is 2. The molecule has 0 unspecified atom stereocenters. The largest absolute Gasteiger partial charge is 0.480 e. The van der Waals surface area contributed by atoms with Gasteiger partial charge < -0.3 is 36.5 Å². The maximum atomic E-state index is 14.9. The summed E-state index contributed by atoms with van der Waals surface area (Å²) >= 11 is 0. The van der Waals surface area contributed by atoms with Crippen LogP contribution in [0.15, 0.2) is 54.7 Å². The number of nitrogens with one attached hydrogen (secondary N) is 1. The van der Waals surface area contributed by atoms with E-state index >= 15 is 0 Å². The van der Waals surface area contributed by atoms with Gasteiger partial charge in [-0.1, -0.05) is 51.1 Å². The lowest BCUT2D eigenvalue weighted by molar-refractivity contribution is -0.140. The molecule has 3 atom stereocenters. The van der Waals surface area contributed by atoms with Crippen molar-refractivity contribution >= 4 is 17.8 Å². The Bertz CT molecular complexity index is 1480. The average Bonchev–Trinajstić information content (AvgIpc) is 3.41. The van der Waals surface area contributed by atoms with Gasteiger partial charge in [0.2, 0.25) is 11.8 Å². The van der Waals surface area contributed by atoms with Gasteiger partial charge >= 0.3 is 5.97 Å². The summed E-state index contributed by atoms with van der Waals surface area (Å²) in [5.41, 5.74) is 12.1. The van der Waals surface area contributed by atoms with E-state index in [-0.39, 0.29) is 37.2 Å². The first kappa shape index (κ1) is 36.3. The second-order valence-electron chi connectivity index (χ2n) is 12.4. The van der Waals surface area contributed by atoms with Crippen LogP contribution in [0.5, 0.6) is 0 Å². The van der Waals surface area contributed by atoms with Crippen LogP contribution in [0.1, 0.15) is 63.9 Å². The fourth-order valence-electron chi connectivity index (χ4n) is 5.23. The van der Waals surface area contributed by atoms with Crippen LogP contribution in [0.3, 0.4) is 0 Å². The van der Waals surface area contributed by atoms with Crippen molar-refractivity contribution in [1.82, 2.24) is 19.8 Å². The molecule has 3 aromatic rings. The molecule has 11 nitrogen and oxygen atoms in total. The monoisotopic (exact) mass is 642 g/mol. The van der Waals surface area contributed by atoms with Gasteiger partial charge in [0.15, 0.2) is 0 Å². The average molecular weight is 643 g/mol. The zero-order valence-corrected chi connectivity index (χ0v) is 26.5. The van der Waals surface area contributed by atoms with Gasteiger partial charge in [-0.2, -0.15) is 0 Å². The number of halogens is 2. The van der Waals surface area contributed by atoms with Gasteiger partial charge in [0.25, 0.3) is 0 Å². The predicted molar refractivity (Wildman–Crippen MR) is 169 cm³/mol. The molecule has 0 fully saturated rings. The number of hydrogen-bond acceptors (Lipinski definition) is 7. The zero-order chi connectivity index (χ0) is 34.0. The van der Waals surface area contributed by atoms with Crippen LogP contribution >= 0.6 is 0 Å². The minimum Gasteiger partial charge on any atom is -0.480 e. The highest BCUT2D eigenvalue weighted by Crippen LogP contribution is 2.39. The zero-order valence-electron chi connectivity index (χ0n) is 26.5. The van der Waals surface area contributed by atoms with Crippen molar-refractivity contribution in [3.8, 4) is 11.3 Å². The number of hydrogen-bond donors (Lipinski definition) is 5. The van der Waals surface area contributed by atoms with Gasteiger partial charge in [-0.15, -0.1) is 0 Å². The Morgan fingerprint density at radius 3 is 2.35 bits per heavy atom. The number of aliphatic carboxylic acids is 1. The van der Waals surface area contributed by atoms with Gasteiger partial charge in [-0.3, -0.25) is 14.4 Å². The molecule has 0 saturated heterocycles. The Labute approximate surface area is 267 Å². The van der Waals surface area contributed by atoms with Crippen LogP contribution in [-0.4, -0.2) is 74.2 Å². The van der Waals surface area contributed by atoms with Crippen LogP contribution in [-0.2, 0) is 20.9 Å². The van der Waals surface area contributed by atoms with E-state index in [0.29, 0.717) is 25.2 Å². The summed E-state index contributed by atoms with van der Waals surface area (Å²) in [6.07, 6.45) is 2.96. The number of benzene rings is 2. The predicted octanol–water partition coefficient (Wildman–Crippen LogP) is 3.20. The molecular formula is C33H44F2N6O5. The Balaban J connectivity index is 1.89. The minimum atomic E-state index is -1.08. The summed E-state index contributed by atoms with van der Waals surface area (Å²) in [6, 6.07) is 9.84. The lowest BCUT2D eigenvalue weighted by atomic mass is 9.84. The SMILES string of the molecule is CC(C)(C)[C@H](c1nc(-c2cc(F)ccc2F)cn1Cc1ccccc1)N(CC[C@H](N)C(=O)NCCCC[C@@H](N)C(=O)O)C(=O)CO. The third-order valence-electron chi connectivity index (χ3n) is 7.62. The number of carboxylic acids is 1. The molecule has 0 aliphatic heterocycles. The maximum Gasteiger partial charge on any atom is 0.320 e. The highest BCUT2D eigenvalue weighted by atomic mass is 19.1. The Morgan fingerprint density at radius 2 is 1.72 bits per heavy atom. The van der Waals surface area contributed by atoms with Gasteiger partial charge in [-0.25, -0.2) is 13.8 Å². The number of rotatable bonds is 16. The standard InChI is InChI=1S/C33H44F2N6O5/c1-33(2,3)29(41(28(43)20-42)16-14-25(36)31(44)38-15-8-7-11-26(37)32(45)46)30-39-27(23-17-22(34)12-13-24(23)35)19-40(30)18-21-9-5-4-6-10-21/h4-6,9-10,12-13,17,19,25-26,29,42H,7-8,11,14-16,18,20,36-37H2,1-3H3,(H,38,44)(H,45,46)/t25-,26+,29-/m0/s1. The van der Waals surface area contributed by atoms with Gasteiger partial charge in [-0.05, 0) is 54.9 Å². The molecule has 1 aromatic heterocycles. The highest BCUT2D eigenvalue weighted by molar-refractivity contribution is 5.82. The first-order valence-electron chi connectivity index (χ1n) is 15.2. The third kappa shape index (κ3) is 9.90. The lowest BCUT2D eigenvalue weighted by Gasteiger charge is -2.40. The quantitative estimate of drug-likeness (QED) is 0.148. The molecular weight excluding hydrogens is 598 g/mol. The fraction of sp³-hybridized carbons (Fsp3) is 0.455. The van der Waals surface area contributed by atoms with Gasteiger partial charge in [0.05, 0.1) is 17.8 Å². The summed E-state index contributed by atoms with van der Waals surface area (Å²) in [6.45, 7) is 5.45. The maximum absolute atomic E-state index is 14.9. The Kier molecular flexibility index (Phi) is 12.9. The number of aliphatic hydroxyl groups is 1. The normalized spacial score (nSPS) is 13.6. The van der Waals surface area contributed by atoms with Crippen molar-refractivity contribution in [3.05, 3.63) is 77.8 Å². The lowest BCUT2D eigenvalue weighted by Crippen LogP contribution is -2.47. The number of carboxylic acid groups (broad SMARTS) is 1. The molecule has 0 radical (unpaired) electrons. The third-order valence-corrected chi connectivity index (χ3v) is 7.62. The van der Waals surface area contributed by atoms with E-state index in [1.807, 2.05) is 51.1 Å². The number of aliphatic hydroxyl groups excluding tert-OH is 1. The second-order valence-corrected chi connectivity index (χ2v) is 12.4. The van der Waals surface area contributed by atoms with E-state index < -0.39 is 59.6 Å². The minimum absolute atomic E-state index is 0.00869. The molecule has 0 bridgehead atoms. The summed E-state index contributed by atoms with van der Waals surface area (Å²) in [4.78, 5) is 43.0. The number of unbranched alkanes of at least 4 members (excludes halogenated alkanes) is 1. The van der Waals surface area contributed by atoms with Gasteiger partial charge in [0.1, 0.15) is 30.1 Å². The summed E-state index contributed by atoms with van der Waals surface area (Å²) in [5, 5.41) is 21.6. The molecule has 0 saturated carbocycles. The summed E-state index contributed by atoms with van der Waals surface area (Å²) < 4.78 is 30.9. The fourth-order valence-corrected chi connectivity index (χ4v) is 5.23. The molecule has 46 heavy (non-hydrogen) atoms. The Morgan fingerprint density at radius 1 is 1.02 bits per heavy atom. The smallest absolute Gasteiger partial charge is 0.320 e. The van der Waals surface area contributed by atoms with Crippen LogP contribution < -0.4 is 16.8 Å². The van der Waals surface area contributed by atoms with Crippen LogP contribution in [0.25, 0.3) is 11.3 Å². The topological polar surface area (TPSA) is 177 Å². The molecule has 7 N–H and O–H groups in total. The first-order chi connectivity index (χ1) is 21.7. The van der Waals surface area contributed by atoms with Crippen LogP contribution in [0.2, 0.25) is 0 Å². The molecule has 1 heterocycles. The number of carbonyl (C=O) groups excluding carboxylic acids is 2. The summed E-state index contributed by atoms with van der Waals surface area (Å²) in [5.74, 6) is -3.04. The van der Waals surface area contributed by atoms with Gasteiger partial charge in [0, 0.05) is 31.4 Å². The molecule has 250 valence electrons. The van der Waals surface area contributed by atoms with E-state index in [9.17, 15) is 28.3 Å². The van der Waals surface area contributed by atoms with Crippen LogP contribution in [0.4, 0.5) is 8.78 Å². The van der Waals surface area contributed by atoms with E-state index in [1.165, 1.54) is 4.90 Å². The van der Waals surface area contributed by atoms with Crippen molar-refractivity contribution in [1.29, 1.82) is 0 Å². The van der Waals surface area contributed by atoms with E-state index in [2.05, 4.69) is 5.32 Å². The van der Waals surface area contributed by atoms with E-state index in [1.54, 1.807) is 10.8 Å². The molecule has 0 spiro atoms. The molecule has 2 aromatic carbocycles. The molecule has 0 aliphatic carbocycles. The van der Waals surface area contributed by atoms with Crippen molar-refractivity contribution in [3.63, 3.8) is 0 Å². The van der Waals surface area contributed by atoms with Crippen molar-refractivity contribution in [2.75, 3.05) is 19.7 Å². The molecule has 0 aliphatic rings. The number of amides is 2. The van der Waals surface area contributed by atoms with Crippen LogP contribution in [0, 0.1) is 17.0 Å². The number of imidazole rings is 1. The van der Waals surface area contributed by atoms with Crippen molar-refractivity contribution in [2.45, 2.75) is 71.1 Å². The molecule has 13 heteroatoms.